The molecule has 0 aromatic carbocycles. The van der Waals surface area contributed by atoms with Gasteiger partial charge in [0.1, 0.15) is 0 Å². The summed E-state index contributed by atoms with van der Waals surface area (Å²) in [7, 11) is 0. The molecule has 5 aliphatic rings. The number of hydrogen-bond acceptors (Lipinski definition) is 4. The Morgan fingerprint density at radius 3 is 2.46 bits per heavy atom. The standard InChI is InChI=1S/C35H55N3O3/c36-35(41)28-14-10-26(11-15-28)20-21-38(37)33(40)23-31-30(19-13-25-8-4-5-9-25)32(39)22-29(34(31)27-17-18-27)16-12-24-6-2-1-3-7-24/h1-2,8,10,14,24,26-32,34,39H,3-7,9,11-13,15-23,37H2,(H2,36,41). The highest BCUT2D eigenvalue weighted by molar-refractivity contribution is 5.78. The van der Waals surface area contributed by atoms with E-state index in [1.165, 1.54) is 69.2 Å². The SMILES string of the molecule is NC(=O)C1C=CC(CCN(N)C(=O)CC2C(CCC3=CCCC3)C(O)CC(CCC3CC=CCC3)C2C2CC2)CC1. The molecule has 0 spiro atoms. The van der Waals surface area contributed by atoms with Gasteiger partial charge in [-0.25, -0.2) is 5.84 Å². The second-order valence-electron chi connectivity index (χ2n) is 14.1. The minimum absolute atomic E-state index is 0.0331. The van der Waals surface area contributed by atoms with Gasteiger partial charge < -0.3 is 10.8 Å². The van der Waals surface area contributed by atoms with Gasteiger partial charge in [0.15, 0.2) is 0 Å². The lowest BCUT2D eigenvalue weighted by Crippen LogP contribution is -2.48. The topological polar surface area (TPSA) is 110 Å². The molecule has 6 heteroatoms. The molecule has 2 fully saturated rings. The molecule has 2 amide bonds. The fourth-order valence-electron chi connectivity index (χ4n) is 8.77. The number of carbonyl (C=O) groups excluding carboxylic acids is 2. The molecule has 0 bridgehead atoms. The molecule has 0 aromatic rings. The molecule has 5 rings (SSSR count). The van der Waals surface area contributed by atoms with Crippen molar-refractivity contribution in [3.8, 4) is 0 Å². The molecule has 41 heavy (non-hydrogen) atoms. The van der Waals surface area contributed by atoms with Gasteiger partial charge in [-0.15, -0.1) is 0 Å². The first-order chi connectivity index (χ1) is 19.9. The molecular formula is C35H55N3O3. The number of rotatable bonds is 13. The maximum absolute atomic E-state index is 13.7. The van der Waals surface area contributed by atoms with Gasteiger partial charge in [0.25, 0.3) is 0 Å². The van der Waals surface area contributed by atoms with Crippen molar-refractivity contribution in [2.24, 2.45) is 58.9 Å². The Morgan fingerprint density at radius 1 is 0.951 bits per heavy atom. The van der Waals surface area contributed by atoms with E-state index in [9.17, 15) is 14.7 Å². The van der Waals surface area contributed by atoms with Gasteiger partial charge in [-0.1, -0.05) is 36.0 Å². The molecule has 0 aliphatic heterocycles. The molecule has 8 unspecified atom stereocenters. The van der Waals surface area contributed by atoms with Crippen molar-refractivity contribution >= 4 is 11.8 Å². The Kier molecular flexibility index (Phi) is 10.8. The van der Waals surface area contributed by atoms with Crippen LogP contribution in [0.5, 0.6) is 0 Å². The predicted octanol–water partition coefficient (Wildman–Crippen LogP) is 6.20. The van der Waals surface area contributed by atoms with E-state index in [0.717, 1.165) is 44.4 Å². The Hall–Kier alpha value is -1.92. The molecule has 0 radical (unpaired) electrons. The monoisotopic (exact) mass is 565 g/mol. The van der Waals surface area contributed by atoms with Crippen LogP contribution >= 0.6 is 0 Å². The number of amides is 2. The third-order valence-corrected chi connectivity index (χ3v) is 11.4. The van der Waals surface area contributed by atoms with E-state index in [1.54, 1.807) is 5.57 Å². The van der Waals surface area contributed by atoms with E-state index in [4.69, 9.17) is 11.6 Å². The summed E-state index contributed by atoms with van der Waals surface area (Å²) in [6.07, 6.45) is 29.0. The van der Waals surface area contributed by atoms with E-state index in [1.807, 2.05) is 6.08 Å². The van der Waals surface area contributed by atoms with Crippen LogP contribution in [0.25, 0.3) is 0 Å². The van der Waals surface area contributed by atoms with Crippen molar-refractivity contribution in [1.82, 2.24) is 5.01 Å². The van der Waals surface area contributed by atoms with Crippen LogP contribution in [-0.4, -0.2) is 34.6 Å². The van der Waals surface area contributed by atoms with Crippen LogP contribution in [0.1, 0.15) is 109 Å². The van der Waals surface area contributed by atoms with Gasteiger partial charge in [0.2, 0.25) is 11.8 Å². The second-order valence-corrected chi connectivity index (χ2v) is 14.1. The summed E-state index contributed by atoms with van der Waals surface area (Å²) < 4.78 is 0. The van der Waals surface area contributed by atoms with Crippen LogP contribution in [0.4, 0.5) is 0 Å². The normalized spacial score (nSPS) is 35.3. The summed E-state index contributed by atoms with van der Waals surface area (Å²) in [5.74, 6) is 9.27. The number of nitrogens with two attached hydrogens (primary N) is 2. The van der Waals surface area contributed by atoms with Crippen molar-refractivity contribution in [1.29, 1.82) is 0 Å². The summed E-state index contributed by atoms with van der Waals surface area (Å²) in [6, 6.07) is 0. The van der Waals surface area contributed by atoms with Crippen LogP contribution < -0.4 is 11.6 Å². The molecule has 6 nitrogen and oxygen atoms in total. The number of allylic oxidation sites excluding steroid dienone is 5. The maximum Gasteiger partial charge on any atom is 0.236 e. The van der Waals surface area contributed by atoms with E-state index < -0.39 is 0 Å². The third kappa shape index (κ3) is 8.34. The number of primary amides is 1. The zero-order valence-electron chi connectivity index (χ0n) is 25.2. The Morgan fingerprint density at radius 2 is 1.80 bits per heavy atom. The summed E-state index contributed by atoms with van der Waals surface area (Å²) in [5.41, 5.74) is 7.01. The van der Waals surface area contributed by atoms with Crippen molar-refractivity contribution in [3.63, 3.8) is 0 Å². The predicted molar refractivity (Wildman–Crippen MR) is 164 cm³/mol. The van der Waals surface area contributed by atoms with Gasteiger partial charge in [0.05, 0.1) is 12.0 Å². The van der Waals surface area contributed by atoms with Gasteiger partial charge in [-0.3, -0.25) is 14.6 Å². The molecule has 5 aliphatic carbocycles. The largest absolute Gasteiger partial charge is 0.393 e. The summed E-state index contributed by atoms with van der Waals surface area (Å²) in [6.45, 7) is 0.522. The maximum atomic E-state index is 13.7. The van der Waals surface area contributed by atoms with E-state index >= 15 is 0 Å². The van der Waals surface area contributed by atoms with Crippen LogP contribution in [0.2, 0.25) is 0 Å². The lowest BCUT2D eigenvalue weighted by molar-refractivity contribution is -0.136. The van der Waals surface area contributed by atoms with E-state index in [0.29, 0.717) is 36.6 Å². The number of aliphatic hydroxyl groups excluding tert-OH is 1. The number of carbonyl (C=O) groups is 2. The first-order valence-electron chi connectivity index (χ1n) is 16.9. The van der Waals surface area contributed by atoms with Gasteiger partial charge in [-0.2, -0.15) is 0 Å². The zero-order chi connectivity index (χ0) is 28.8. The number of aliphatic hydroxyl groups is 1. The minimum atomic E-state index is -0.321. The molecule has 2 saturated carbocycles. The van der Waals surface area contributed by atoms with Gasteiger partial charge in [-0.05, 0) is 144 Å². The number of nitrogens with zero attached hydrogens (tertiary/aromatic N) is 1. The Labute approximate surface area is 248 Å². The Balaban J connectivity index is 1.24. The lowest BCUT2D eigenvalue weighted by Gasteiger charge is -2.47. The molecule has 0 heterocycles. The Bertz CT molecular complexity index is 985. The van der Waals surface area contributed by atoms with Crippen molar-refractivity contribution in [2.75, 3.05) is 6.54 Å². The van der Waals surface area contributed by atoms with Crippen molar-refractivity contribution in [3.05, 3.63) is 36.0 Å². The van der Waals surface area contributed by atoms with Gasteiger partial charge in [0, 0.05) is 13.0 Å². The average molecular weight is 566 g/mol. The van der Waals surface area contributed by atoms with Crippen molar-refractivity contribution < 1.29 is 14.7 Å². The molecule has 0 aromatic heterocycles. The van der Waals surface area contributed by atoms with Crippen LogP contribution in [0.15, 0.2) is 36.0 Å². The summed E-state index contributed by atoms with van der Waals surface area (Å²) in [5, 5.41) is 13.1. The van der Waals surface area contributed by atoms with E-state index in [2.05, 4.69) is 24.3 Å². The van der Waals surface area contributed by atoms with Crippen LogP contribution in [0, 0.1) is 47.3 Å². The molecule has 5 N–H and O–H groups in total. The number of hydrogen-bond donors (Lipinski definition) is 3. The molecule has 0 saturated heterocycles. The fourth-order valence-corrected chi connectivity index (χ4v) is 8.77. The first-order valence-corrected chi connectivity index (χ1v) is 16.9. The van der Waals surface area contributed by atoms with Crippen LogP contribution in [-0.2, 0) is 9.59 Å². The minimum Gasteiger partial charge on any atom is -0.393 e. The highest BCUT2D eigenvalue weighted by Crippen LogP contribution is 2.55. The number of hydrazine groups is 1. The fraction of sp³-hybridized carbons (Fsp3) is 0.771. The third-order valence-electron chi connectivity index (χ3n) is 11.4. The second kappa shape index (κ2) is 14.5. The summed E-state index contributed by atoms with van der Waals surface area (Å²) in [4.78, 5) is 25.1. The molecule has 228 valence electrons. The summed E-state index contributed by atoms with van der Waals surface area (Å²) >= 11 is 0. The highest BCUT2D eigenvalue weighted by Gasteiger charge is 2.50. The molecular weight excluding hydrogens is 510 g/mol. The smallest absolute Gasteiger partial charge is 0.236 e. The quantitative estimate of drug-likeness (QED) is 0.107. The van der Waals surface area contributed by atoms with Gasteiger partial charge >= 0.3 is 0 Å². The average Bonchev–Trinajstić information content (AvgIpc) is 3.68. The van der Waals surface area contributed by atoms with Crippen LogP contribution in [0.3, 0.4) is 0 Å². The molecule has 8 atom stereocenters. The highest BCUT2D eigenvalue weighted by atomic mass is 16.3. The zero-order valence-corrected chi connectivity index (χ0v) is 25.2. The van der Waals surface area contributed by atoms with E-state index in [-0.39, 0.29) is 35.7 Å². The van der Waals surface area contributed by atoms with Crippen molar-refractivity contribution in [2.45, 2.75) is 115 Å². The first kappa shape index (κ1) is 30.5. The lowest BCUT2D eigenvalue weighted by atomic mass is 9.59.